The van der Waals surface area contributed by atoms with Gasteiger partial charge in [0.2, 0.25) is 0 Å². The molecule has 4 heteroatoms. The van der Waals surface area contributed by atoms with Gasteiger partial charge in [0.25, 0.3) is 0 Å². The first-order valence-electron chi connectivity index (χ1n) is 6.28. The topological polar surface area (TPSA) is 66.6 Å². The first-order valence-corrected chi connectivity index (χ1v) is 6.28. The summed E-state index contributed by atoms with van der Waals surface area (Å²) in [5.74, 6) is -0.440. The van der Waals surface area contributed by atoms with Gasteiger partial charge in [-0.25, -0.2) is 0 Å². The van der Waals surface area contributed by atoms with Gasteiger partial charge in [0, 0.05) is 18.8 Å². The highest BCUT2D eigenvalue weighted by molar-refractivity contribution is 5.79. The molecule has 0 aliphatic carbocycles. The van der Waals surface area contributed by atoms with Gasteiger partial charge in [-0.1, -0.05) is 25.1 Å². The molecule has 0 amide bonds. The van der Waals surface area contributed by atoms with Crippen LogP contribution in [0.25, 0.3) is 0 Å². The Balaban J connectivity index is 2.27. The van der Waals surface area contributed by atoms with Crippen LogP contribution in [0, 0.1) is 0 Å². The number of nitrogens with zero attached hydrogens (tertiary/aromatic N) is 1. The van der Waals surface area contributed by atoms with Crippen molar-refractivity contribution in [1.29, 1.82) is 0 Å². The van der Waals surface area contributed by atoms with Crippen LogP contribution in [0.1, 0.15) is 31.7 Å². The number of carbonyl (C=O) groups is 1. The first-order chi connectivity index (χ1) is 8.42. The summed E-state index contributed by atoms with van der Waals surface area (Å²) in [6.45, 7) is 4.97. The van der Waals surface area contributed by atoms with Crippen molar-refractivity contribution in [3.63, 3.8) is 0 Å². The van der Waals surface area contributed by atoms with Crippen molar-refractivity contribution in [1.82, 2.24) is 0 Å². The van der Waals surface area contributed by atoms with Crippen LogP contribution in [0.5, 0.6) is 0 Å². The van der Waals surface area contributed by atoms with Crippen LogP contribution in [0.3, 0.4) is 0 Å². The van der Waals surface area contributed by atoms with Crippen LogP contribution in [-0.2, 0) is 4.79 Å². The third-order valence-electron chi connectivity index (χ3n) is 3.65. The largest absolute Gasteiger partial charge is 0.480 e. The van der Waals surface area contributed by atoms with E-state index in [4.69, 9.17) is 10.8 Å². The van der Waals surface area contributed by atoms with Crippen molar-refractivity contribution < 1.29 is 9.90 Å². The van der Waals surface area contributed by atoms with Crippen LogP contribution < -0.4 is 10.6 Å². The molecule has 1 aromatic rings. The Morgan fingerprint density at radius 2 is 2.22 bits per heavy atom. The van der Waals surface area contributed by atoms with E-state index in [1.165, 1.54) is 5.56 Å². The molecule has 2 rings (SSSR count). The molecule has 0 aromatic heterocycles. The van der Waals surface area contributed by atoms with Crippen molar-refractivity contribution in [2.24, 2.45) is 5.73 Å². The van der Waals surface area contributed by atoms with Gasteiger partial charge in [0.1, 0.15) is 5.54 Å². The second kappa shape index (κ2) is 4.61. The first kappa shape index (κ1) is 12.9. The Kier molecular flexibility index (Phi) is 3.30. The summed E-state index contributed by atoms with van der Waals surface area (Å²) in [6.07, 6.45) is 1.03. The van der Waals surface area contributed by atoms with Gasteiger partial charge in [-0.3, -0.25) is 4.79 Å². The average Bonchev–Trinajstić information content (AvgIpc) is 2.33. The minimum atomic E-state index is -1.21. The Hall–Kier alpha value is -1.55. The van der Waals surface area contributed by atoms with Crippen LogP contribution in [0.4, 0.5) is 5.69 Å². The molecule has 0 saturated carbocycles. The maximum atomic E-state index is 11.1. The lowest BCUT2D eigenvalue weighted by Crippen LogP contribution is -2.54. The van der Waals surface area contributed by atoms with Gasteiger partial charge in [-0.2, -0.15) is 0 Å². The van der Waals surface area contributed by atoms with Crippen LogP contribution in [0.15, 0.2) is 24.3 Å². The number of hydrogen-bond acceptors (Lipinski definition) is 3. The molecule has 18 heavy (non-hydrogen) atoms. The Morgan fingerprint density at radius 3 is 2.89 bits per heavy atom. The summed E-state index contributed by atoms with van der Waals surface area (Å²) >= 11 is 0. The molecule has 0 radical (unpaired) electrons. The van der Waals surface area contributed by atoms with Crippen LogP contribution in [-0.4, -0.2) is 29.7 Å². The quantitative estimate of drug-likeness (QED) is 0.856. The highest BCUT2D eigenvalue weighted by Crippen LogP contribution is 2.35. The Morgan fingerprint density at radius 1 is 1.56 bits per heavy atom. The fourth-order valence-corrected chi connectivity index (χ4v) is 2.45. The maximum absolute atomic E-state index is 11.1. The molecule has 1 aliphatic rings. The van der Waals surface area contributed by atoms with Crippen LogP contribution >= 0.6 is 0 Å². The molecule has 0 bridgehead atoms. The highest BCUT2D eigenvalue weighted by atomic mass is 16.4. The summed E-state index contributed by atoms with van der Waals surface area (Å²) in [4.78, 5) is 13.2. The lowest BCUT2D eigenvalue weighted by atomic mass is 9.90. The van der Waals surface area contributed by atoms with E-state index in [-0.39, 0.29) is 0 Å². The molecule has 1 aromatic carbocycles. The van der Waals surface area contributed by atoms with E-state index >= 15 is 0 Å². The molecule has 1 aliphatic heterocycles. The number of para-hydroxylation sites is 1. The van der Waals surface area contributed by atoms with E-state index in [2.05, 4.69) is 17.9 Å². The summed E-state index contributed by atoms with van der Waals surface area (Å²) in [5, 5.41) is 9.12. The number of nitrogens with two attached hydrogens (primary N) is 1. The standard InChI is InChI=1S/C14H20N2O2/c1-10-7-8-16(9-14(2,15)13(17)18)12-6-4-3-5-11(10)12/h3-6,10H,7-9,15H2,1-2H3,(H,17,18). The van der Waals surface area contributed by atoms with Gasteiger partial charge >= 0.3 is 5.97 Å². The zero-order chi connectivity index (χ0) is 13.3. The lowest BCUT2D eigenvalue weighted by molar-refractivity contribution is -0.142. The molecular formula is C14H20N2O2. The molecule has 4 nitrogen and oxygen atoms in total. The fourth-order valence-electron chi connectivity index (χ4n) is 2.45. The molecule has 0 fully saturated rings. The molecule has 3 N–H and O–H groups in total. The minimum Gasteiger partial charge on any atom is -0.480 e. The fraction of sp³-hybridized carbons (Fsp3) is 0.500. The van der Waals surface area contributed by atoms with Gasteiger partial charge < -0.3 is 15.7 Å². The van der Waals surface area contributed by atoms with E-state index in [9.17, 15) is 4.79 Å². The smallest absolute Gasteiger partial charge is 0.325 e. The second-order valence-electron chi connectivity index (χ2n) is 5.39. The number of benzene rings is 1. The number of hydrogen-bond donors (Lipinski definition) is 2. The molecule has 0 saturated heterocycles. The molecule has 2 unspecified atom stereocenters. The van der Waals surface area contributed by atoms with Crippen molar-refractivity contribution >= 4 is 11.7 Å². The Labute approximate surface area is 107 Å². The number of fused-ring (bicyclic) bond motifs is 1. The van der Waals surface area contributed by atoms with Crippen molar-refractivity contribution in [3.05, 3.63) is 29.8 Å². The van der Waals surface area contributed by atoms with Crippen molar-refractivity contribution in [2.75, 3.05) is 18.0 Å². The summed E-state index contributed by atoms with van der Waals surface area (Å²) < 4.78 is 0. The summed E-state index contributed by atoms with van der Waals surface area (Å²) in [7, 11) is 0. The van der Waals surface area contributed by atoms with Crippen LogP contribution in [0.2, 0.25) is 0 Å². The Bertz CT molecular complexity index is 457. The zero-order valence-electron chi connectivity index (χ0n) is 10.9. The predicted molar refractivity (Wildman–Crippen MR) is 71.9 cm³/mol. The van der Waals surface area contributed by atoms with E-state index in [0.29, 0.717) is 12.5 Å². The molecule has 0 spiro atoms. The second-order valence-corrected chi connectivity index (χ2v) is 5.39. The SMILES string of the molecule is CC1CCN(CC(C)(N)C(=O)O)c2ccccc21. The van der Waals surface area contributed by atoms with Crippen molar-refractivity contribution in [3.8, 4) is 0 Å². The number of rotatable bonds is 3. The van der Waals surface area contributed by atoms with Gasteiger partial charge in [0.15, 0.2) is 0 Å². The third kappa shape index (κ3) is 2.34. The zero-order valence-corrected chi connectivity index (χ0v) is 10.9. The van der Waals surface area contributed by atoms with Gasteiger partial charge in [-0.05, 0) is 30.9 Å². The maximum Gasteiger partial charge on any atom is 0.325 e. The normalized spacial score (nSPS) is 22.2. The molecule has 2 atom stereocenters. The predicted octanol–water partition coefficient (Wildman–Crippen LogP) is 1.80. The number of anilines is 1. The average molecular weight is 248 g/mol. The van der Waals surface area contributed by atoms with E-state index in [1.54, 1.807) is 6.92 Å². The van der Waals surface area contributed by atoms with Crippen molar-refractivity contribution in [2.45, 2.75) is 31.7 Å². The third-order valence-corrected chi connectivity index (χ3v) is 3.65. The number of carboxylic acid groups (broad SMARTS) is 1. The summed E-state index contributed by atoms with van der Waals surface area (Å²) in [5.41, 5.74) is 7.03. The van der Waals surface area contributed by atoms with Gasteiger partial charge in [-0.15, -0.1) is 0 Å². The number of carboxylic acids is 1. The molecule has 98 valence electrons. The van der Waals surface area contributed by atoms with Gasteiger partial charge in [0.05, 0.1) is 0 Å². The van der Waals surface area contributed by atoms with E-state index in [0.717, 1.165) is 18.7 Å². The highest BCUT2D eigenvalue weighted by Gasteiger charge is 2.33. The minimum absolute atomic E-state index is 0.339. The van der Waals surface area contributed by atoms with E-state index < -0.39 is 11.5 Å². The summed E-state index contributed by atoms with van der Waals surface area (Å²) in [6, 6.07) is 8.17. The number of aliphatic carboxylic acids is 1. The molecular weight excluding hydrogens is 228 g/mol. The lowest BCUT2D eigenvalue weighted by Gasteiger charge is -2.37. The molecule has 1 heterocycles. The van der Waals surface area contributed by atoms with E-state index in [1.807, 2.05) is 18.2 Å². The monoisotopic (exact) mass is 248 g/mol.